The van der Waals surface area contributed by atoms with Gasteiger partial charge in [0.25, 0.3) is 5.91 Å². The molecule has 0 aromatic heterocycles. The van der Waals surface area contributed by atoms with E-state index < -0.39 is 6.04 Å². The van der Waals surface area contributed by atoms with Crippen LogP contribution in [-0.4, -0.2) is 49.1 Å². The van der Waals surface area contributed by atoms with Crippen molar-refractivity contribution in [2.75, 3.05) is 26.3 Å². The zero-order valence-corrected chi connectivity index (χ0v) is 12.0. The Morgan fingerprint density at radius 2 is 1.85 bits per heavy atom. The van der Waals surface area contributed by atoms with Gasteiger partial charge in [0.1, 0.15) is 6.04 Å². The van der Waals surface area contributed by atoms with E-state index in [1.54, 1.807) is 36.1 Å². The zero-order chi connectivity index (χ0) is 14.5. The van der Waals surface area contributed by atoms with Gasteiger partial charge >= 0.3 is 0 Å². The minimum atomic E-state index is -0.559. The summed E-state index contributed by atoms with van der Waals surface area (Å²) in [6.07, 6.45) is 0. The zero-order valence-electron chi connectivity index (χ0n) is 11.3. The first-order valence-electron chi connectivity index (χ1n) is 6.51. The third-order valence-electron chi connectivity index (χ3n) is 3.15. The van der Waals surface area contributed by atoms with Crippen molar-refractivity contribution in [1.82, 2.24) is 10.2 Å². The number of hydrogen-bond acceptors (Lipinski definition) is 3. The maximum atomic E-state index is 12.2. The number of nitrogens with one attached hydrogen (secondary N) is 1. The van der Waals surface area contributed by atoms with Gasteiger partial charge in [-0.25, -0.2) is 0 Å². The molecule has 1 atom stereocenters. The Bertz CT molecular complexity index is 484. The quantitative estimate of drug-likeness (QED) is 0.915. The van der Waals surface area contributed by atoms with Crippen molar-refractivity contribution in [2.45, 2.75) is 13.0 Å². The number of halogens is 1. The topological polar surface area (TPSA) is 58.6 Å². The largest absolute Gasteiger partial charge is 0.378 e. The SMILES string of the molecule is CC(NC(=O)c1ccc(Cl)cc1)C(=O)N1CCOCC1. The Balaban J connectivity index is 1.92. The van der Waals surface area contributed by atoms with Crippen molar-refractivity contribution in [3.63, 3.8) is 0 Å². The highest BCUT2D eigenvalue weighted by molar-refractivity contribution is 6.30. The molecule has 0 saturated carbocycles. The van der Waals surface area contributed by atoms with E-state index in [4.69, 9.17) is 16.3 Å². The standard InChI is InChI=1S/C14H17ClN2O3/c1-10(14(19)17-6-8-20-9-7-17)16-13(18)11-2-4-12(15)5-3-11/h2-5,10H,6-9H2,1H3,(H,16,18). The van der Waals surface area contributed by atoms with Gasteiger partial charge in [-0.15, -0.1) is 0 Å². The van der Waals surface area contributed by atoms with Crippen LogP contribution in [0.2, 0.25) is 5.02 Å². The van der Waals surface area contributed by atoms with Crippen LogP contribution in [0.4, 0.5) is 0 Å². The van der Waals surface area contributed by atoms with E-state index in [2.05, 4.69) is 5.32 Å². The van der Waals surface area contributed by atoms with E-state index in [-0.39, 0.29) is 11.8 Å². The van der Waals surface area contributed by atoms with E-state index in [1.807, 2.05) is 0 Å². The lowest BCUT2D eigenvalue weighted by Gasteiger charge is -2.29. The molecule has 6 heteroatoms. The van der Waals surface area contributed by atoms with Crippen LogP contribution in [0.25, 0.3) is 0 Å². The predicted molar refractivity (Wildman–Crippen MR) is 75.8 cm³/mol. The molecule has 1 fully saturated rings. The van der Waals surface area contributed by atoms with Crippen molar-refractivity contribution in [3.8, 4) is 0 Å². The van der Waals surface area contributed by atoms with Gasteiger partial charge in [-0.05, 0) is 31.2 Å². The number of rotatable bonds is 3. The van der Waals surface area contributed by atoms with E-state index in [0.717, 1.165) is 0 Å². The van der Waals surface area contributed by atoms with Gasteiger partial charge in [-0.3, -0.25) is 9.59 Å². The molecule has 0 bridgehead atoms. The molecule has 1 aromatic carbocycles. The average Bonchev–Trinajstić information content (AvgIpc) is 2.48. The summed E-state index contributed by atoms with van der Waals surface area (Å²) < 4.78 is 5.20. The Morgan fingerprint density at radius 3 is 2.45 bits per heavy atom. The molecule has 1 unspecified atom stereocenters. The van der Waals surface area contributed by atoms with E-state index in [1.165, 1.54) is 0 Å². The van der Waals surface area contributed by atoms with Gasteiger partial charge in [0.05, 0.1) is 13.2 Å². The lowest BCUT2D eigenvalue weighted by atomic mass is 10.2. The Labute approximate surface area is 122 Å². The third kappa shape index (κ3) is 3.71. The first-order valence-corrected chi connectivity index (χ1v) is 6.88. The third-order valence-corrected chi connectivity index (χ3v) is 3.40. The van der Waals surface area contributed by atoms with Gasteiger partial charge in [-0.2, -0.15) is 0 Å². The minimum absolute atomic E-state index is 0.0874. The second kappa shape index (κ2) is 6.72. The predicted octanol–water partition coefficient (Wildman–Crippen LogP) is 1.32. The molecule has 108 valence electrons. The maximum absolute atomic E-state index is 12.2. The first kappa shape index (κ1) is 14.8. The normalized spacial score (nSPS) is 16.6. The molecule has 0 radical (unpaired) electrons. The fraction of sp³-hybridized carbons (Fsp3) is 0.429. The molecule has 1 aliphatic rings. The number of ether oxygens (including phenoxy) is 1. The molecule has 2 amide bonds. The fourth-order valence-electron chi connectivity index (χ4n) is 2.00. The molecule has 0 spiro atoms. The molecule has 2 rings (SSSR count). The van der Waals surface area contributed by atoms with Crippen LogP contribution in [0.15, 0.2) is 24.3 Å². The summed E-state index contributed by atoms with van der Waals surface area (Å²) in [6, 6.07) is 5.99. The Hall–Kier alpha value is -1.59. The van der Waals surface area contributed by atoms with Crippen molar-refractivity contribution in [3.05, 3.63) is 34.9 Å². The Morgan fingerprint density at radius 1 is 1.25 bits per heavy atom. The number of hydrogen-bond donors (Lipinski definition) is 1. The van der Waals surface area contributed by atoms with Crippen LogP contribution in [-0.2, 0) is 9.53 Å². The summed E-state index contributed by atoms with van der Waals surface area (Å²) in [4.78, 5) is 25.9. The lowest BCUT2D eigenvalue weighted by molar-refractivity contribution is -0.136. The molecule has 5 nitrogen and oxygen atoms in total. The smallest absolute Gasteiger partial charge is 0.251 e. The van der Waals surface area contributed by atoms with Gasteiger partial charge in [0.2, 0.25) is 5.91 Å². The van der Waals surface area contributed by atoms with Crippen LogP contribution in [0.5, 0.6) is 0 Å². The number of benzene rings is 1. The highest BCUT2D eigenvalue weighted by Crippen LogP contribution is 2.10. The highest BCUT2D eigenvalue weighted by atomic mass is 35.5. The number of morpholine rings is 1. The van der Waals surface area contributed by atoms with Crippen molar-refractivity contribution >= 4 is 23.4 Å². The average molecular weight is 297 g/mol. The van der Waals surface area contributed by atoms with Gasteiger partial charge < -0.3 is 15.0 Å². The van der Waals surface area contributed by atoms with Crippen LogP contribution in [0.1, 0.15) is 17.3 Å². The van der Waals surface area contributed by atoms with Crippen molar-refractivity contribution < 1.29 is 14.3 Å². The van der Waals surface area contributed by atoms with Crippen LogP contribution in [0, 0.1) is 0 Å². The summed E-state index contributed by atoms with van der Waals surface area (Å²) >= 11 is 5.77. The summed E-state index contributed by atoms with van der Waals surface area (Å²) in [5.41, 5.74) is 0.482. The Kier molecular flexibility index (Phi) is 4.98. The lowest BCUT2D eigenvalue weighted by Crippen LogP contribution is -2.50. The summed E-state index contributed by atoms with van der Waals surface area (Å²) in [5, 5.41) is 3.27. The van der Waals surface area contributed by atoms with Crippen LogP contribution >= 0.6 is 11.6 Å². The van der Waals surface area contributed by atoms with E-state index in [9.17, 15) is 9.59 Å². The number of amides is 2. The van der Waals surface area contributed by atoms with Crippen LogP contribution < -0.4 is 5.32 Å². The van der Waals surface area contributed by atoms with Gasteiger partial charge in [0, 0.05) is 23.7 Å². The second-order valence-corrected chi connectivity index (χ2v) is 5.08. The highest BCUT2D eigenvalue weighted by Gasteiger charge is 2.23. The van der Waals surface area contributed by atoms with E-state index >= 15 is 0 Å². The molecular formula is C14H17ClN2O3. The molecule has 20 heavy (non-hydrogen) atoms. The number of carbonyl (C=O) groups is 2. The number of carbonyl (C=O) groups excluding carboxylic acids is 2. The molecular weight excluding hydrogens is 280 g/mol. The van der Waals surface area contributed by atoms with E-state index in [0.29, 0.717) is 36.9 Å². The second-order valence-electron chi connectivity index (χ2n) is 4.64. The fourth-order valence-corrected chi connectivity index (χ4v) is 2.13. The van der Waals surface area contributed by atoms with Crippen LogP contribution in [0.3, 0.4) is 0 Å². The number of nitrogens with zero attached hydrogens (tertiary/aromatic N) is 1. The molecule has 1 saturated heterocycles. The molecule has 1 N–H and O–H groups in total. The monoisotopic (exact) mass is 296 g/mol. The molecule has 0 aliphatic carbocycles. The minimum Gasteiger partial charge on any atom is -0.378 e. The van der Waals surface area contributed by atoms with Gasteiger partial charge in [-0.1, -0.05) is 11.6 Å². The van der Waals surface area contributed by atoms with Crippen molar-refractivity contribution in [2.24, 2.45) is 0 Å². The molecule has 1 aliphatic heterocycles. The molecule has 1 aromatic rings. The summed E-state index contributed by atoms with van der Waals surface area (Å²) in [6.45, 7) is 3.92. The van der Waals surface area contributed by atoms with Crippen molar-refractivity contribution in [1.29, 1.82) is 0 Å². The summed E-state index contributed by atoms with van der Waals surface area (Å²) in [7, 11) is 0. The summed E-state index contributed by atoms with van der Waals surface area (Å²) in [5.74, 6) is -0.369. The molecule has 1 heterocycles. The first-order chi connectivity index (χ1) is 9.58. The van der Waals surface area contributed by atoms with Gasteiger partial charge in [0.15, 0.2) is 0 Å². The maximum Gasteiger partial charge on any atom is 0.251 e.